The SMILES string of the molecule is Cc1cccc(C)c1-c1cc(-c2cc3ccccc3cc2Nc2ccc(-c3ccccc3)cc2)cc(-n2c3ccc(C(C)(C)C)cc3c3cc(C(C)(C)C)ccc32)c1. The first kappa shape index (κ1) is 37.2. The van der Waals surface area contributed by atoms with E-state index in [0.29, 0.717) is 0 Å². The van der Waals surface area contributed by atoms with Gasteiger partial charge in [0.15, 0.2) is 0 Å². The van der Waals surface area contributed by atoms with Crippen LogP contribution in [0.1, 0.15) is 63.8 Å². The van der Waals surface area contributed by atoms with Crippen molar-refractivity contribution in [3.8, 4) is 39.1 Å². The monoisotopic (exact) mass is 752 g/mol. The number of aryl methyl sites for hydroxylation is 2. The molecule has 0 spiro atoms. The van der Waals surface area contributed by atoms with Crippen LogP contribution in [-0.4, -0.2) is 4.57 Å². The number of rotatable bonds is 6. The molecule has 2 heteroatoms. The van der Waals surface area contributed by atoms with Gasteiger partial charge in [-0.15, -0.1) is 0 Å². The molecule has 0 saturated heterocycles. The van der Waals surface area contributed by atoms with Crippen molar-refractivity contribution < 1.29 is 0 Å². The summed E-state index contributed by atoms with van der Waals surface area (Å²) < 4.78 is 2.50. The van der Waals surface area contributed by atoms with Crippen LogP contribution in [0.4, 0.5) is 11.4 Å². The van der Waals surface area contributed by atoms with Gasteiger partial charge in [0.05, 0.1) is 11.0 Å². The van der Waals surface area contributed by atoms with Crippen molar-refractivity contribution in [1.29, 1.82) is 0 Å². The highest BCUT2D eigenvalue weighted by Gasteiger charge is 2.22. The third-order valence-corrected chi connectivity index (χ3v) is 11.9. The third-order valence-electron chi connectivity index (χ3n) is 11.9. The molecule has 58 heavy (non-hydrogen) atoms. The smallest absolute Gasteiger partial charge is 0.0541 e. The standard InChI is InChI=1S/C56H52N2/c1-36-15-14-16-37(2)54(36)43-29-42(48-32-40-19-12-13-20-41(40)33-51(48)57-46-25-21-39(22-26-46)38-17-10-9-11-18-38)30-47(31-43)58-52-27-23-44(55(3,4)5)34-49(52)50-35-45(56(6,7)8)24-28-53(50)58/h9-35,57H,1-8H3. The molecule has 0 aliphatic rings. The first-order valence-corrected chi connectivity index (χ1v) is 20.6. The molecule has 0 radical (unpaired) electrons. The highest BCUT2D eigenvalue weighted by molar-refractivity contribution is 6.10. The number of hydrogen-bond acceptors (Lipinski definition) is 1. The molecule has 0 unspecified atom stereocenters. The van der Waals surface area contributed by atoms with E-state index in [1.165, 1.54) is 77.1 Å². The van der Waals surface area contributed by atoms with Gasteiger partial charge in [0.25, 0.3) is 0 Å². The van der Waals surface area contributed by atoms with E-state index in [1.807, 2.05) is 0 Å². The lowest BCUT2D eigenvalue weighted by Crippen LogP contribution is -2.10. The van der Waals surface area contributed by atoms with Crippen LogP contribution in [0.5, 0.6) is 0 Å². The molecular formula is C56H52N2. The van der Waals surface area contributed by atoms with E-state index in [0.717, 1.165) is 28.2 Å². The van der Waals surface area contributed by atoms with Crippen molar-refractivity contribution in [2.75, 3.05) is 5.32 Å². The minimum atomic E-state index is 0.0288. The summed E-state index contributed by atoms with van der Waals surface area (Å²) in [6, 6.07) is 60.8. The van der Waals surface area contributed by atoms with E-state index in [9.17, 15) is 0 Å². The molecule has 1 aromatic heterocycles. The first-order chi connectivity index (χ1) is 27.8. The number of nitrogens with one attached hydrogen (secondary N) is 1. The van der Waals surface area contributed by atoms with E-state index < -0.39 is 0 Å². The molecule has 1 N–H and O–H groups in total. The number of benzene rings is 8. The summed E-state index contributed by atoms with van der Waals surface area (Å²) >= 11 is 0. The van der Waals surface area contributed by atoms with E-state index in [2.05, 4.69) is 229 Å². The summed E-state index contributed by atoms with van der Waals surface area (Å²) in [6.45, 7) is 18.3. The lowest BCUT2D eigenvalue weighted by Gasteiger charge is -2.20. The van der Waals surface area contributed by atoms with Crippen molar-refractivity contribution in [3.63, 3.8) is 0 Å². The molecule has 9 aromatic rings. The molecular weight excluding hydrogens is 701 g/mol. The summed E-state index contributed by atoms with van der Waals surface area (Å²) in [6.07, 6.45) is 0. The third kappa shape index (κ3) is 6.87. The summed E-state index contributed by atoms with van der Waals surface area (Å²) in [7, 11) is 0. The molecule has 1 heterocycles. The van der Waals surface area contributed by atoms with E-state index in [1.54, 1.807) is 0 Å². The van der Waals surface area contributed by atoms with E-state index in [-0.39, 0.29) is 10.8 Å². The predicted octanol–water partition coefficient (Wildman–Crippen LogP) is 15.9. The second-order valence-electron chi connectivity index (χ2n) is 18.1. The molecule has 8 aromatic carbocycles. The van der Waals surface area contributed by atoms with Crippen LogP contribution in [0, 0.1) is 13.8 Å². The van der Waals surface area contributed by atoms with Crippen molar-refractivity contribution in [2.45, 2.75) is 66.2 Å². The Labute approximate surface area is 343 Å². The molecule has 0 saturated carbocycles. The van der Waals surface area contributed by atoms with Gasteiger partial charge in [-0.2, -0.15) is 0 Å². The summed E-state index contributed by atoms with van der Waals surface area (Å²) in [4.78, 5) is 0. The molecule has 0 fully saturated rings. The highest BCUT2D eigenvalue weighted by Crippen LogP contribution is 2.42. The summed E-state index contributed by atoms with van der Waals surface area (Å²) in [5.74, 6) is 0. The summed E-state index contributed by atoms with van der Waals surface area (Å²) in [5, 5.41) is 8.87. The minimum Gasteiger partial charge on any atom is -0.355 e. The Hall–Kier alpha value is -6.38. The number of nitrogens with zero attached hydrogens (tertiary/aromatic N) is 1. The Morgan fingerprint density at radius 2 is 0.966 bits per heavy atom. The summed E-state index contributed by atoms with van der Waals surface area (Å²) in [5.41, 5.74) is 18.2. The van der Waals surface area contributed by atoms with Crippen LogP contribution in [0.3, 0.4) is 0 Å². The van der Waals surface area contributed by atoms with Crippen LogP contribution in [-0.2, 0) is 10.8 Å². The first-order valence-electron chi connectivity index (χ1n) is 20.6. The number of aromatic nitrogens is 1. The topological polar surface area (TPSA) is 17.0 Å². The van der Waals surface area contributed by atoms with Crippen LogP contribution >= 0.6 is 0 Å². The van der Waals surface area contributed by atoms with Gasteiger partial charge in [-0.1, -0.05) is 139 Å². The Morgan fingerprint density at radius 1 is 0.431 bits per heavy atom. The predicted molar refractivity (Wildman–Crippen MR) is 251 cm³/mol. The molecule has 2 nitrogen and oxygen atoms in total. The van der Waals surface area contributed by atoms with Gasteiger partial charge in [-0.25, -0.2) is 0 Å². The molecule has 9 rings (SSSR count). The lowest BCUT2D eigenvalue weighted by atomic mass is 9.85. The second-order valence-corrected chi connectivity index (χ2v) is 18.1. The normalized spacial score (nSPS) is 12.1. The highest BCUT2D eigenvalue weighted by atomic mass is 15.0. The lowest BCUT2D eigenvalue weighted by molar-refractivity contribution is 0.590. The zero-order valence-corrected chi connectivity index (χ0v) is 35.0. The maximum Gasteiger partial charge on any atom is 0.0541 e. The fraction of sp³-hybridized carbons (Fsp3) is 0.179. The van der Waals surface area contributed by atoms with E-state index in [4.69, 9.17) is 0 Å². The van der Waals surface area contributed by atoms with Gasteiger partial charge in [0.2, 0.25) is 0 Å². The van der Waals surface area contributed by atoms with E-state index >= 15 is 0 Å². The molecule has 0 bridgehead atoms. The fourth-order valence-corrected chi connectivity index (χ4v) is 8.66. The largest absolute Gasteiger partial charge is 0.355 e. The van der Waals surface area contributed by atoms with Crippen LogP contribution in [0.15, 0.2) is 164 Å². The van der Waals surface area contributed by atoms with Crippen molar-refractivity contribution >= 4 is 44.0 Å². The maximum absolute atomic E-state index is 3.87. The van der Waals surface area contributed by atoms with Crippen LogP contribution in [0.2, 0.25) is 0 Å². The number of anilines is 2. The number of hydrogen-bond donors (Lipinski definition) is 1. The van der Waals surface area contributed by atoms with Crippen LogP contribution in [0.25, 0.3) is 71.6 Å². The molecule has 0 atom stereocenters. The fourth-order valence-electron chi connectivity index (χ4n) is 8.66. The molecule has 0 aliphatic carbocycles. The quantitative estimate of drug-likeness (QED) is 0.179. The maximum atomic E-state index is 3.87. The van der Waals surface area contributed by atoms with Gasteiger partial charge < -0.3 is 9.88 Å². The Kier molecular flexibility index (Phi) is 9.12. The zero-order chi connectivity index (χ0) is 40.3. The molecule has 0 amide bonds. The van der Waals surface area contributed by atoms with Crippen molar-refractivity contribution in [3.05, 3.63) is 186 Å². The Bertz CT molecular complexity index is 2890. The Morgan fingerprint density at radius 3 is 1.55 bits per heavy atom. The average Bonchev–Trinajstić information content (AvgIpc) is 3.54. The van der Waals surface area contributed by atoms with Crippen molar-refractivity contribution in [1.82, 2.24) is 4.57 Å². The van der Waals surface area contributed by atoms with Gasteiger partial charge >= 0.3 is 0 Å². The molecule has 286 valence electrons. The molecule has 0 aliphatic heterocycles. The van der Waals surface area contributed by atoms with Gasteiger partial charge in [-0.3, -0.25) is 0 Å². The van der Waals surface area contributed by atoms with Gasteiger partial charge in [0.1, 0.15) is 0 Å². The second kappa shape index (κ2) is 14.2. The minimum absolute atomic E-state index is 0.0288. The van der Waals surface area contributed by atoms with Crippen LogP contribution < -0.4 is 5.32 Å². The van der Waals surface area contributed by atoms with Gasteiger partial charge in [0, 0.05) is 33.4 Å². The average molecular weight is 753 g/mol. The van der Waals surface area contributed by atoms with Crippen molar-refractivity contribution in [2.24, 2.45) is 0 Å². The zero-order valence-electron chi connectivity index (χ0n) is 35.0. The number of fused-ring (bicyclic) bond motifs is 4. The Balaban J connectivity index is 1.30. The van der Waals surface area contributed by atoms with Gasteiger partial charge in [-0.05, 0) is 152 Å².